The lowest BCUT2D eigenvalue weighted by atomic mass is 9.98. The van der Waals surface area contributed by atoms with E-state index in [1.807, 2.05) is 31.2 Å². The molecule has 0 unspecified atom stereocenters. The fourth-order valence-electron chi connectivity index (χ4n) is 3.63. The van der Waals surface area contributed by atoms with E-state index in [1.165, 1.54) is 4.31 Å². The van der Waals surface area contributed by atoms with Crippen molar-refractivity contribution in [1.82, 2.24) is 9.62 Å². The lowest BCUT2D eigenvalue weighted by Gasteiger charge is -2.31. The van der Waals surface area contributed by atoms with Crippen LogP contribution >= 0.6 is 23.2 Å². The molecular weight excluding hydrogens is 459 g/mol. The standard InChI is InChI=1S/C22H26Cl2N2O4S/c1-2-30-21-11-4-3-7-16(21)13-25-22(27)17-8-6-12-26(14-17)31(28,29)15-18-19(23)9-5-10-20(18)24/h3-5,7,9-11,17H,2,6,8,12-15H2,1H3,(H,25,27)/t17-/m0/s1. The lowest BCUT2D eigenvalue weighted by Crippen LogP contribution is -2.45. The summed E-state index contributed by atoms with van der Waals surface area (Å²) in [5, 5.41) is 3.56. The van der Waals surface area contributed by atoms with Gasteiger partial charge in [-0.1, -0.05) is 47.5 Å². The Morgan fingerprint density at radius 1 is 1.16 bits per heavy atom. The molecule has 1 fully saturated rings. The summed E-state index contributed by atoms with van der Waals surface area (Å²) in [7, 11) is -3.66. The molecule has 0 aromatic heterocycles. The summed E-state index contributed by atoms with van der Waals surface area (Å²) < 4.78 is 32.9. The number of nitrogens with zero attached hydrogens (tertiary/aromatic N) is 1. The number of ether oxygens (including phenoxy) is 1. The summed E-state index contributed by atoms with van der Waals surface area (Å²) in [6, 6.07) is 12.4. The van der Waals surface area contributed by atoms with Gasteiger partial charge < -0.3 is 10.1 Å². The van der Waals surface area contributed by atoms with Crippen LogP contribution in [-0.2, 0) is 27.1 Å². The molecule has 9 heteroatoms. The molecule has 2 aromatic carbocycles. The number of para-hydroxylation sites is 1. The van der Waals surface area contributed by atoms with Gasteiger partial charge in [0.15, 0.2) is 0 Å². The lowest BCUT2D eigenvalue weighted by molar-refractivity contribution is -0.126. The van der Waals surface area contributed by atoms with Crippen molar-refractivity contribution in [3.8, 4) is 5.75 Å². The maximum absolute atomic E-state index is 13.0. The van der Waals surface area contributed by atoms with Crippen molar-refractivity contribution >= 4 is 39.1 Å². The molecule has 0 saturated carbocycles. The molecule has 0 bridgehead atoms. The van der Waals surface area contributed by atoms with Gasteiger partial charge in [0.25, 0.3) is 0 Å². The van der Waals surface area contributed by atoms with Crippen LogP contribution in [0.4, 0.5) is 0 Å². The van der Waals surface area contributed by atoms with Gasteiger partial charge in [0.05, 0.1) is 18.3 Å². The number of hydrogen-bond acceptors (Lipinski definition) is 4. The molecule has 3 rings (SSSR count). The summed E-state index contributed by atoms with van der Waals surface area (Å²) >= 11 is 12.3. The Labute approximate surface area is 193 Å². The van der Waals surface area contributed by atoms with Crippen molar-refractivity contribution in [3.05, 3.63) is 63.6 Å². The molecule has 0 radical (unpaired) electrons. The molecule has 1 N–H and O–H groups in total. The van der Waals surface area contributed by atoms with Gasteiger partial charge in [0, 0.05) is 40.8 Å². The Morgan fingerprint density at radius 2 is 1.87 bits per heavy atom. The first-order chi connectivity index (χ1) is 14.8. The minimum Gasteiger partial charge on any atom is -0.494 e. The Balaban J connectivity index is 1.64. The van der Waals surface area contributed by atoms with Gasteiger partial charge in [-0.05, 0) is 38.0 Å². The van der Waals surface area contributed by atoms with Gasteiger partial charge in [-0.3, -0.25) is 4.79 Å². The molecule has 1 aliphatic heterocycles. The van der Waals surface area contributed by atoms with Crippen molar-refractivity contribution in [2.45, 2.75) is 32.1 Å². The summed E-state index contributed by atoms with van der Waals surface area (Å²) in [5.41, 5.74) is 1.26. The molecule has 1 atom stereocenters. The first kappa shape index (κ1) is 23.9. The molecule has 2 aromatic rings. The second-order valence-corrected chi connectivity index (χ2v) is 10.2. The van der Waals surface area contributed by atoms with Gasteiger partial charge in [0.2, 0.25) is 15.9 Å². The van der Waals surface area contributed by atoms with E-state index in [0.717, 1.165) is 11.3 Å². The van der Waals surface area contributed by atoms with Crippen LogP contribution < -0.4 is 10.1 Å². The van der Waals surface area contributed by atoms with E-state index in [2.05, 4.69) is 5.32 Å². The van der Waals surface area contributed by atoms with Gasteiger partial charge in [-0.2, -0.15) is 0 Å². The normalized spacial score (nSPS) is 17.3. The highest BCUT2D eigenvalue weighted by atomic mass is 35.5. The summed E-state index contributed by atoms with van der Waals surface area (Å²) in [5.74, 6) is -0.136. The van der Waals surface area contributed by atoms with Crippen molar-refractivity contribution < 1.29 is 17.9 Å². The van der Waals surface area contributed by atoms with Crippen molar-refractivity contribution in [2.75, 3.05) is 19.7 Å². The fourth-order valence-corrected chi connectivity index (χ4v) is 5.99. The predicted octanol–water partition coefficient (Wildman–Crippen LogP) is 4.25. The average molecular weight is 485 g/mol. The minimum atomic E-state index is -3.66. The molecule has 168 valence electrons. The number of sulfonamides is 1. The molecule has 1 saturated heterocycles. The van der Waals surface area contributed by atoms with Crippen LogP contribution in [-0.4, -0.2) is 38.3 Å². The fraction of sp³-hybridized carbons (Fsp3) is 0.409. The first-order valence-corrected chi connectivity index (χ1v) is 12.6. The van der Waals surface area contributed by atoms with Crippen LogP contribution in [0.1, 0.15) is 30.9 Å². The smallest absolute Gasteiger partial charge is 0.224 e. The van der Waals surface area contributed by atoms with E-state index < -0.39 is 15.9 Å². The highest BCUT2D eigenvalue weighted by molar-refractivity contribution is 7.88. The number of carbonyl (C=O) groups is 1. The Kier molecular flexibility index (Phi) is 8.22. The van der Waals surface area contributed by atoms with E-state index in [1.54, 1.807) is 18.2 Å². The van der Waals surface area contributed by atoms with Crippen molar-refractivity contribution in [3.63, 3.8) is 0 Å². The highest BCUT2D eigenvalue weighted by Crippen LogP contribution is 2.29. The zero-order chi connectivity index (χ0) is 22.4. The quantitative estimate of drug-likeness (QED) is 0.607. The predicted molar refractivity (Wildman–Crippen MR) is 123 cm³/mol. The molecular formula is C22H26Cl2N2O4S. The molecule has 0 aliphatic carbocycles. The van der Waals surface area contributed by atoms with Crippen LogP contribution in [0, 0.1) is 5.92 Å². The monoisotopic (exact) mass is 484 g/mol. The third-order valence-corrected chi connectivity index (χ3v) is 7.74. The van der Waals surface area contributed by atoms with Crippen LogP contribution in [0.25, 0.3) is 0 Å². The third kappa shape index (κ3) is 6.13. The van der Waals surface area contributed by atoms with Crippen LogP contribution in [0.2, 0.25) is 10.0 Å². The molecule has 0 spiro atoms. The Morgan fingerprint density at radius 3 is 2.58 bits per heavy atom. The van der Waals surface area contributed by atoms with Crippen LogP contribution in [0.5, 0.6) is 5.75 Å². The largest absolute Gasteiger partial charge is 0.494 e. The summed E-state index contributed by atoms with van der Waals surface area (Å²) in [4.78, 5) is 12.8. The second kappa shape index (κ2) is 10.7. The number of nitrogens with one attached hydrogen (secondary N) is 1. The average Bonchev–Trinajstić information content (AvgIpc) is 2.76. The molecule has 1 amide bonds. The molecule has 31 heavy (non-hydrogen) atoms. The maximum atomic E-state index is 13.0. The maximum Gasteiger partial charge on any atom is 0.224 e. The Bertz CT molecular complexity index is 1010. The number of halogens is 2. The molecule has 1 heterocycles. The number of hydrogen-bond donors (Lipinski definition) is 1. The van der Waals surface area contributed by atoms with Crippen LogP contribution in [0.3, 0.4) is 0 Å². The summed E-state index contributed by atoms with van der Waals surface area (Å²) in [6.07, 6.45) is 1.25. The summed E-state index contributed by atoms with van der Waals surface area (Å²) in [6.45, 7) is 3.29. The topological polar surface area (TPSA) is 75.7 Å². The van der Waals surface area contributed by atoms with E-state index in [0.29, 0.717) is 48.1 Å². The molecule has 6 nitrogen and oxygen atoms in total. The zero-order valence-electron chi connectivity index (χ0n) is 17.3. The van der Waals surface area contributed by atoms with Crippen molar-refractivity contribution in [2.24, 2.45) is 5.92 Å². The molecule has 1 aliphatic rings. The van der Waals surface area contributed by atoms with E-state index >= 15 is 0 Å². The number of piperidine rings is 1. The van der Waals surface area contributed by atoms with E-state index in [9.17, 15) is 13.2 Å². The van der Waals surface area contributed by atoms with E-state index in [4.69, 9.17) is 27.9 Å². The Hall–Kier alpha value is -1.80. The van der Waals surface area contributed by atoms with Crippen molar-refractivity contribution in [1.29, 1.82) is 0 Å². The van der Waals surface area contributed by atoms with Gasteiger partial charge in [-0.15, -0.1) is 0 Å². The van der Waals surface area contributed by atoms with Gasteiger partial charge in [-0.25, -0.2) is 12.7 Å². The van der Waals surface area contributed by atoms with Gasteiger partial charge >= 0.3 is 0 Å². The zero-order valence-corrected chi connectivity index (χ0v) is 19.6. The SMILES string of the molecule is CCOc1ccccc1CNC(=O)[C@H]1CCCN(S(=O)(=O)Cc2c(Cl)cccc2Cl)C1. The minimum absolute atomic E-state index is 0.142. The number of benzene rings is 2. The van der Waals surface area contributed by atoms with E-state index in [-0.39, 0.29) is 18.2 Å². The van der Waals surface area contributed by atoms with Gasteiger partial charge in [0.1, 0.15) is 5.75 Å². The number of amides is 1. The third-order valence-electron chi connectivity index (χ3n) is 5.26. The number of rotatable bonds is 8. The highest BCUT2D eigenvalue weighted by Gasteiger charge is 2.33. The number of carbonyl (C=O) groups excluding carboxylic acids is 1. The van der Waals surface area contributed by atoms with Crippen LogP contribution in [0.15, 0.2) is 42.5 Å². The second-order valence-electron chi connectivity index (χ2n) is 7.41. The first-order valence-electron chi connectivity index (χ1n) is 10.2.